The summed E-state index contributed by atoms with van der Waals surface area (Å²) in [6, 6.07) is 7.21. The molecule has 0 unspecified atom stereocenters. The monoisotopic (exact) mass is 377 g/mol. The number of piperidine rings is 1. The largest absolute Gasteiger partial charge is 0.356 e. The molecule has 1 aromatic heterocycles. The van der Waals surface area contributed by atoms with Gasteiger partial charge in [0.25, 0.3) is 0 Å². The maximum atomic E-state index is 13.1. The van der Waals surface area contributed by atoms with Gasteiger partial charge in [-0.05, 0) is 50.5 Å². The van der Waals surface area contributed by atoms with Crippen molar-refractivity contribution in [1.82, 2.24) is 14.2 Å². The SMILES string of the molecule is CCCNC(=O)[C@H]1CCCN(S(=O)(=O)c2ccc3c(ccn3CC)c2)C1. The number of aromatic nitrogens is 1. The van der Waals surface area contributed by atoms with Crippen molar-refractivity contribution in [2.24, 2.45) is 5.92 Å². The summed E-state index contributed by atoms with van der Waals surface area (Å²) in [4.78, 5) is 12.5. The van der Waals surface area contributed by atoms with Crippen molar-refractivity contribution in [3.8, 4) is 0 Å². The maximum absolute atomic E-state index is 13.1. The molecule has 2 aromatic rings. The smallest absolute Gasteiger partial charge is 0.243 e. The molecule has 1 atom stereocenters. The molecule has 0 spiro atoms. The highest BCUT2D eigenvalue weighted by atomic mass is 32.2. The highest BCUT2D eigenvalue weighted by molar-refractivity contribution is 7.89. The first kappa shape index (κ1) is 18.9. The number of nitrogens with zero attached hydrogens (tertiary/aromatic N) is 2. The van der Waals surface area contributed by atoms with Crippen LogP contribution in [0.5, 0.6) is 0 Å². The average molecular weight is 378 g/mol. The van der Waals surface area contributed by atoms with Gasteiger partial charge in [0.05, 0.1) is 10.8 Å². The quantitative estimate of drug-likeness (QED) is 0.841. The number of aryl methyl sites for hydroxylation is 1. The Kier molecular flexibility index (Phi) is 5.67. The Morgan fingerprint density at radius 3 is 2.81 bits per heavy atom. The summed E-state index contributed by atoms with van der Waals surface area (Å²) in [5.41, 5.74) is 1.03. The molecule has 1 amide bonds. The Bertz CT molecular complexity index is 889. The number of carbonyl (C=O) groups excluding carboxylic acids is 1. The second-order valence-corrected chi connectivity index (χ2v) is 8.75. The fourth-order valence-corrected chi connectivity index (χ4v) is 5.09. The first-order valence-corrected chi connectivity index (χ1v) is 10.8. The van der Waals surface area contributed by atoms with E-state index in [4.69, 9.17) is 0 Å². The molecule has 1 aromatic carbocycles. The number of hydrogen-bond acceptors (Lipinski definition) is 3. The lowest BCUT2D eigenvalue weighted by Gasteiger charge is -2.31. The van der Waals surface area contributed by atoms with Gasteiger partial charge in [0.1, 0.15) is 0 Å². The third kappa shape index (κ3) is 3.64. The van der Waals surface area contributed by atoms with Gasteiger partial charge in [-0.3, -0.25) is 4.79 Å². The van der Waals surface area contributed by atoms with E-state index in [-0.39, 0.29) is 18.4 Å². The molecule has 1 aliphatic heterocycles. The summed E-state index contributed by atoms with van der Waals surface area (Å²) in [5.74, 6) is -0.308. The van der Waals surface area contributed by atoms with Gasteiger partial charge in [0.15, 0.2) is 0 Å². The zero-order valence-corrected chi connectivity index (χ0v) is 16.3. The molecule has 142 valence electrons. The standard InChI is InChI=1S/C19H27N3O3S/c1-3-10-20-19(23)16-6-5-11-22(14-16)26(24,25)17-7-8-18-15(13-17)9-12-21(18)4-2/h7-9,12-13,16H,3-6,10-11,14H2,1-2H3,(H,20,23)/t16-/m0/s1. The van der Waals surface area contributed by atoms with E-state index in [0.717, 1.165) is 30.3 Å². The van der Waals surface area contributed by atoms with E-state index < -0.39 is 10.0 Å². The van der Waals surface area contributed by atoms with E-state index >= 15 is 0 Å². The second-order valence-electron chi connectivity index (χ2n) is 6.82. The Morgan fingerprint density at radius 2 is 2.08 bits per heavy atom. The second kappa shape index (κ2) is 7.80. The van der Waals surface area contributed by atoms with Crippen molar-refractivity contribution < 1.29 is 13.2 Å². The predicted octanol–water partition coefficient (Wildman–Crippen LogP) is 2.59. The third-order valence-corrected chi connectivity index (χ3v) is 6.89. The average Bonchev–Trinajstić information content (AvgIpc) is 3.08. The fourth-order valence-electron chi connectivity index (χ4n) is 3.53. The molecule has 1 fully saturated rings. The first-order valence-electron chi connectivity index (χ1n) is 9.34. The summed E-state index contributed by atoms with van der Waals surface area (Å²) >= 11 is 0. The fraction of sp³-hybridized carbons (Fsp3) is 0.526. The van der Waals surface area contributed by atoms with E-state index in [0.29, 0.717) is 24.4 Å². The normalized spacial score (nSPS) is 18.9. The molecule has 0 bridgehead atoms. The van der Waals surface area contributed by atoms with Crippen LogP contribution in [-0.4, -0.2) is 42.8 Å². The van der Waals surface area contributed by atoms with Gasteiger partial charge in [0.2, 0.25) is 15.9 Å². The number of amides is 1. The van der Waals surface area contributed by atoms with E-state index in [1.54, 1.807) is 12.1 Å². The minimum atomic E-state index is -3.59. The van der Waals surface area contributed by atoms with E-state index in [1.165, 1.54) is 4.31 Å². The molecule has 26 heavy (non-hydrogen) atoms. The molecule has 6 nitrogen and oxygen atoms in total. The van der Waals surface area contributed by atoms with Crippen LogP contribution in [0.2, 0.25) is 0 Å². The van der Waals surface area contributed by atoms with E-state index in [9.17, 15) is 13.2 Å². The van der Waals surface area contributed by atoms with Crippen LogP contribution >= 0.6 is 0 Å². The van der Waals surface area contributed by atoms with Gasteiger partial charge in [0, 0.05) is 43.3 Å². The number of carbonyl (C=O) groups is 1. The van der Waals surface area contributed by atoms with E-state index in [2.05, 4.69) is 16.8 Å². The van der Waals surface area contributed by atoms with E-state index in [1.807, 2.05) is 25.3 Å². The maximum Gasteiger partial charge on any atom is 0.243 e. The number of rotatable bonds is 6. The Labute approximate surface area is 155 Å². The minimum absolute atomic E-state index is 0.0396. The van der Waals surface area contributed by atoms with Crippen LogP contribution in [0.1, 0.15) is 33.1 Å². The molecule has 2 heterocycles. The van der Waals surface area contributed by atoms with Crippen LogP contribution in [0.25, 0.3) is 10.9 Å². The van der Waals surface area contributed by atoms with Crippen molar-refractivity contribution in [1.29, 1.82) is 0 Å². The zero-order valence-electron chi connectivity index (χ0n) is 15.4. The van der Waals surface area contributed by atoms with Crippen molar-refractivity contribution in [2.75, 3.05) is 19.6 Å². The van der Waals surface area contributed by atoms with Gasteiger partial charge in [-0.1, -0.05) is 6.92 Å². The number of nitrogens with one attached hydrogen (secondary N) is 1. The van der Waals surface area contributed by atoms with Crippen LogP contribution < -0.4 is 5.32 Å². The third-order valence-electron chi connectivity index (χ3n) is 5.03. The Hall–Kier alpha value is -1.86. The molecule has 0 radical (unpaired) electrons. The highest BCUT2D eigenvalue weighted by Gasteiger charge is 2.33. The van der Waals surface area contributed by atoms with Gasteiger partial charge in [-0.2, -0.15) is 4.31 Å². The summed E-state index contributed by atoms with van der Waals surface area (Å²) < 4.78 is 29.7. The molecule has 7 heteroatoms. The summed E-state index contributed by atoms with van der Waals surface area (Å²) in [7, 11) is -3.59. The molecule has 0 aliphatic carbocycles. The first-order chi connectivity index (χ1) is 12.5. The van der Waals surface area contributed by atoms with Crippen molar-refractivity contribution in [3.05, 3.63) is 30.5 Å². The number of benzene rings is 1. The lowest BCUT2D eigenvalue weighted by Crippen LogP contribution is -2.45. The molecule has 1 aliphatic rings. The lowest BCUT2D eigenvalue weighted by atomic mass is 9.99. The predicted molar refractivity (Wildman–Crippen MR) is 102 cm³/mol. The van der Waals surface area contributed by atoms with Crippen molar-refractivity contribution in [3.63, 3.8) is 0 Å². The minimum Gasteiger partial charge on any atom is -0.356 e. The van der Waals surface area contributed by atoms with Crippen LogP contribution in [0.3, 0.4) is 0 Å². The van der Waals surface area contributed by atoms with Gasteiger partial charge < -0.3 is 9.88 Å². The van der Waals surface area contributed by atoms with Gasteiger partial charge >= 0.3 is 0 Å². The number of hydrogen-bond donors (Lipinski definition) is 1. The molecular weight excluding hydrogens is 350 g/mol. The molecule has 1 saturated heterocycles. The van der Waals surface area contributed by atoms with Crippen LogP contribution in [-0.2, 0) is 21.4 Å². The van der Waals surface area contributed by atoms with Crippen LogP contribution in [0, 0.1) is 5.92 Å². The number of fused-ring (bicyclic) bond motifs is 1. The molecular formula is C19H27N3O3S. The Morgan fingerprint density at radius 1 is 1.27 bits per heavy atom. The summed E-state index contributed by atoms with van der Waals surface area (Å²) in [6.07, 6.45) is 4.28. The zero-order chi connectivity index (χ0) is 18.7. The lowest BCUT2D eigenvalue weighted by molar-refractivity contribution is -0.126. The highest BCUT2D eigenvalue weighted by Crippen LogP contribution is 2.26. The van der Waals surface area contributed by atoms with Gasteiger partial charge in [-0.15, -0.1) is 0 Å². The topological polar surface area (TPSA) is 71.4 Å². The summed E-state index contributed by atoms with van der Waals surface area (Å²) in [6.45, 7) is 6.25. The van der Waals surface area contributed by atoms with Gasteiger partial charge in [-0.25, -0.2) is 8.42 Å². The number of sulfonamides is 1. The van der Waals surface area contributed by atoms with Crippen molar-refractivity contribution in [2.45, 2.75) is 44.6 Å². The van der Waals surface area contributed by atoms with Crippen molar-refractivity contribution >= 4 is 26.8 Å². The molecule has 1 N–H and O–H groups in total. The van der Waals surface area contributed by atoms with Crippen LogP contribution in [0.15, 0.2) is 35.4 Å². The van der Waals surface area contributed by atoms with Crippen LogP contribution in [0.4, 0.5) is 0 Å². The Balaban J connectivity index is 1.82. The molecule has 3 rings (SSSR count). The molecule has 0 saturated carbocycles. The summed E-state index contributed by atoms with van der Waals surface area (Å²) in [5, 5.41) is 3.80.